The van der Waals surface area contributed by atoms with Crippen molar-refractivity contribution in [2.75, 3.05) is 20.1 Å². The average Bonchev–Trinajstić information content (AvgIpc) is 1.58. The fourth-order valence-corrected chi connectivity index (χ4v) is 2.30. The van der Waals surface area contributed by atoms with Crippen LogP contribution in [0.3, 0.4) is 0 Å². The first kappa shape index (κ1) is 8.60. The van der Waals surface area contributed by atoms with E-state index in [1.165, 1.54) is 13.1 Å². The van der Waals surface area contributed by atoms with Gasteiger partial charge in [0.15, 0.2) is 0 Å². The van der Waals surface area contributed by atoms with Crippen LogP contribution in [0.2, 0.25) is 0 Å². The zero-order valence-corrected chi connectivity index (χ0v) is 7.64. The van der Waals surface area contributed by atoms with Gasteiger partial charge in [0.25, 0.3) is 0 Å². The van der Waals surface area contributed by atoms with Crippen LogP contribution in [0.25, 0.3) is 0 Å². The molecule has 2 aliphatic rings. The molecule has 0 bridgehead atoms. The number of hydrogen-bond acceptors (Lipinski definition) is 2. The molecule has 0 aromatic rings. The Kier molecular flexibility index (Phi) is 2.17. The summed E-state index contributed by atoms with van der Waals surface area (Å²) in [6, 6.07) is 0. The molecule has 0 unspecified atom stereocenters. The van der Waals surface area contributed by atoms with Gasteiger partial charge < -0.3 is 10.0 Å². The average molecular weight is 178 g/mol. The van der Waals surface area contributed by atoms with Gasteiger partial charge in [-0.2, -0.15) is 0 Å². The number of rotatable bonds is 0. The van der Waals surface area contributed by atoms with Gasteiger partial charge in [0.1, 0.15) is 0 Å². The maximum Gasteiger partial charge on any atom is 0.0552 e. The van der Waals surface area contributed by atoms with E-state index in [0.717, 1.165) is 12.8 Å². The van der Waals surface area contributed by atoms with Gasteiger partial charge in [0.2, 0.25) is 0 Å². The zero-order chi connectivity index (χ0) is 6.48. The summed E-state index contributed by atoms with van der Waals surface area (Å²) in [7, 11) is 2.13. The van der Waals surface area contributed by atoms with E-state index in [9.17, 15) is 0 Å². The molecule has 1 saturated heterocycles. The van der Waals surface area contributed by atoms with E-state index in [0.29, 0.717) is 5.41 Å². The van der Waals surface area contributed by atoms with Crippen molar-refractivity contribution < 1.29 is 23.7 Å². The van der Waals surface area contributed by atoms with Crippen LogP contribution in [0.1, 0.15) is 12.8 Å². The Morgan fingerprint density at radius 1 is 1.40 bits per heavy atom. The Morgan fingerprint density at radius 3 is 2.20 bits per heavy atom. The standard InChI is InChI=1S/C7H13NO.V/c1-8-4-7(5-8)2-6(9)3-7;/h6,9H,2-5H2,1H3;. The molecule has 1 radical (unpaired) electrons. The summed E-state index contributed by atoms with van der Waals surface area (Å²) in [5, 5.41) is 9.02. The van der Waals surface area contributed by atoms with Crippen molar-refractivity contribution in [1.29, 1.82) is 0 Å². The number of aliphatic hydroxyl groups excluding tert-OH is 1. The normalized spacial score (nSPS) is 30.6. The predicted octanol–water partition coefficient (Wildman–Crippen LogP) is 0.0704. The molecule has 0 atom stereocenters. The Balaban J connectivity index is 0.000000500. The summed E-state index contributed by atoms with van der Waals surface area (Å²) >= 11 is 0. The summed E-state index contributed by atoms with van der Waals surface area (Å²) in [6.07, 6.45) is 2.13. The van der Waals surface area contributed by atoms with Crippen LogP contribution >= 0.6 is 0 Å². The Hall–Kier alpha value is 0.504. The van der Waals surface area contributed by atoms with Crippen LogP contribution in [0.5, 0.6) is 0 Å². The van der Waals surface area contributed by atoms with Crippen molar-refractivity contribution in [3.63, 3.8) is 0 Å². The zero-order valence-electron chi connectivity index (χ0n) is 6.25. The third kappa shape index (κ3) is 1.14. The van der Waals surface area contributed by atoms with Crippen molar-refractivity contribution >= 4 is 0 Å². The van der Waals surface area contributed by atoms with Crippen molar-refractivity contribution in [2.45, 2.75) is 18.9 Å². The minimum Gasteiger partial charge on any atom is -0.393 e. The van der Waals surface area contributed by atoms with Crippen LogP contribution in [-0.4, -0.2) is 36.2 Å². The monoisotopic (exact) mass is 178 g/mol. The second-order valence-corrected chi connectivity index (χ2v) is 3.73. The molecule has 0 aromatic heterocycles. The molecule has 2 nitrogen and oxygen atoms in total. The van der Waals surface area contributed by atoms with E-state index in [1.54, 1.807) is 0 Å². The fourth-order valence-electron chi connectivity index (χ4n) is 2.30. The van der Waals surface area contributed by atoms with Crippen molar-refractivity contribution in [3.8, 4) is 0 Å². The van der Waals surface area contributed by atoms with E-state index in [1.807, 2.05) is 0 Å². The van der Waals surface area contributed by atoms with Crippen molar-refractivity contribution in [2.24, 2.45) is 5.41 Å². The summed E-state index contributed by atoms with van der Waals surface area (Å²) in [5.74, 6) is 0. The van der Waals surface area contributed by atoms with E-state index < -0.39 is 0 Å². The van der Waals surface area contributed by atoms with Gasteiger partial charge in [0, 0.05) is 37.1 Å². The molecular weight excluding hydrogens is 165 g/mol. The van der Waals surface area contributed by atoms with E-state index in [-0.39, 0.29) is 24.7 Å². The molecule has 57 valence electrons. The topological polar surface area (TPSA) is 23.5 Å². The predicted molar refractivity (Wildman–Crippen MR) is 35.2 cm³/mol. The third-order valence-corrected chi connectivity index (χ3v) is 2.55. The summed E-state index contributed by atoms with van der Waals surface area (Å²) < 4.78 is 0. The fraction of sp³-hybridized carbons (Fsp3) is 1.00. The number of aliphatic hydroxyl groups is 1. The molecule has 2 fully saturated rings. The Bertz CT molecular complexity index is 108. The van der Waals surface area contributed by atoms with Crippen LogP contribution in [0.4, 0.5) is 0 Å². The second-order valence-electron chi connectivity index (χ2n) is 3.73. The summed E-state index contributed by atoms with van der Waals surface area (Å²) in [6.45, 7) is 2.42. The van der Waals surface area contributed by atoms with Crippen molar-refractivity contribution in [3.05, 3.63) is 0 Å². The summed E-state index contributed by atoms with van der Waals surface area (Å²) in [5.41, 5.74) is 0.564. The molecule has 3 heteroatoms. The van der Waals surface area contributed by atoms with Crippen molar-refractivity contribution in [1.82, 2.24) is 4.90 Å². The quantitative estimate of drug-likeness (QED) is 0.567. The molecule has 1 N–H and O–H groups in total. The molecule has 0 amide bonds. The van der Waals surface area contributed by atoms with E-state index >= 15 is 0 Å². The molecule has 1 aliphatic heterocycles. The Labute approximate surface area is 73.5 Å². The van der Waals surface area contributed by atoms with Crippen LogP contribution in [0.15, 0.2) is 0 Å². The first-order chi connectivity index (χ1) is 4.20. The third-order valence-electron chi connectivity index (χ3n) is 2.55. The molecule has 1 aliphatic carbocycles. The summed E-state index contributed by atoms with van der Waals surface area (Å²) in [4.78, 5) is 2.31. The maximum absolute atomic E-state index is 9.02. The number of nitrogens with zero attached hydrogens (tertiary/aromatic N) is 1. The Morgan fingerprint density at radius 2 is 1.90 bits per heavy atom. The molecule has 1 saturated carbocycles. The van der Waals surface area contributed by atoms with Gasteiger partial charge in [-0.3, -0.25) is 0 Å². The van der Waals surface area contributed by atoms with Crippen LogP contribution in [0, 0.1) is 5.41 Å². The SMILES string of the molecule is CN1CC2(CC(O)C2)C1.[V]. The van der Waals surface area contributed by atoms with E-state index in [2.05, 4.69) is 11.9 Å². The van der Waals surface area contributed by atoms with Gasteiger partial charge in [-0.15, -0.1) is 0 Å². The largest absolute Gasteiger partial charge is 0.393 e. The van der Waals surface area contributed by atoms with Gasteiger partial charge in [0.05, 0.1) is 6.10 Å². The molecule has 1 spiro atoms. The van der Waals surface area contributed by atoms with Crippen LogP contribution in [-0.2, 0) is 18.6 Å². The van der Waals surface area contributed by atoms with Gasteiger partial charge >= 0.3 is 0 Å². The number of likely N-dealkylation sites (tertiary alicyclic amines) is 1. The molecule has 2 rings (SSSR count). The minimum absolute atomic E-state index is 0. The molecule has 1 heterocycles. The molecule has 10 heavy (non-hydrogen) atoms. The smallest absolute Gasteiger partial charge is 0.0552 e. The molecular formula is C7H13NOV. The van der Waals surface area contributed by atoms with Crippen LogP contribution < -0.4 is 0 Å². The maximum atomic E-state index is 9.02. The number of hydrogen-bond donors (Lipinski definition) is 1. The van der Waals surface area contributed by atoms with Gasteiger partial charge in [-0.1, -0.05) is 0 Å². The second kappa shape index (κ2) is 2.52. The first-order valence-corrected chi connectivity index (χ1v) is 3.57. The minimum atomic E-state index is 0. The first-order valence-electron chi connectivity index (χ1n) is 3.57. The van der Waals surface area contributed by atoms with Gasteiger partial charge in [-0.05, 0) is 19.9 Å². The van der Waals surface area contributed by atoms with E-state index in [4.69, 9.17) is 5.11 Å². The molecule has 0 aromatic carbocycles. The van der Waals surface area contributed by atoms with Gasteiger partial charge in [-0.25, -0.2) is 0 Å².